The topological polar surface area (TPSA) is 120 Å². The number of rotatable bonds is 4. The number of carbonyl (C=O) groups excluding carboxylic acids is 1. The zero-order valence-corrected chi connectivity index (χ0v) is 13.1. The second kappa shape index (κ2) is 6.56. The van der Waals surface area contributed by atoms with Crippen LogP contribution in [0.5, 0.6) is 0 Å². The quantitative estimate of drug-likeness (QED) is 0.580. The normalized spacial score (nSPS) is 10.6. The predicted molar refractivity (Wildman–Crippen MR) is 88.9 cm³/mol. The number of urea groups is 1. The standard InChI is InChI=1S/C16H14FN5O3/c1-2-18-16(25)22-15-20-11-7-8(14(23)24)6-9(13(11)21-15)12-10(17)4-3-5-19-12/h3-7H,2H2,1H3,(H,23,24)(H3,18,20,21,22,25). The molecule has 2 aromatic heterocycles. The largest absolute Gasteiger partial charge is 0.478 e. The van der Waals surface area contributed by atoms with Gasteiger partial charge in [0.1, 0.15) is 17.0 Å². The van der Waals surface area contributed by atoms with E-state index in [4.69, 9.17) is 0 Å². The van der Waals surface area contributed by atoms with Crippen LogP contribution in [0.2, 0.25) is 0 Å². The fourth-order valence-electron chi connectivity index (χ4n) is 2.38. The van der Waals surface area contributed by atoms with Crippen molar-refractivity contribution in [3.63, 3.8) is 0 Å². The number of amides is 2. The van der Waals surface area contributed by atoms with Gasteiger partial charge < -0.3 is 15.4 Å². The Labute approximate surface area is 141 Å². The molecule has 128 valence electrons. The molecule has 0 aliphatic heterocycles. The van der Waals surface area contributed by atoms with Gasteiger partial charge in [0.2, 0.25) is 5.95 Å². The monoisotopic (exact) mass is 343 g/mol. The molecule has 0 saturated heterocycles. The van der Waals surface area contributed by atoms with E-state index in [1.807, 2.05) is 0 Å². The van der Waals surface area contributed by atoms with Crippen molar-refractivity contribution in [2.75, 3.05) is 11.9 Å². The number of hydrogen-bond acceptors (Lipinski definition) is 4. The lowest BCUT2D eigenvalue weighted by Crippen LogP contribution is -2.28. The number of benzene rings is 1. The summed E-state index contributed by atoms with van der Waals surface area (Å²) in [6, 6.07) is 4.85. The summed E-state index contributed by atoms with van der Waals surface area (Å²) in [6.07, 6.45) is 1.40. The van der Waals surface area contributed by atoms with Gasteiger partial charge in [0.15, 0.2) is 0 Å². The summed E-state index contributed by atoms with van der Waals surface area (Å²) in [5.41, 5.74) is 0.779. The molecule has 3 aromatic rings. The highest BCUT2D eigenvalue weighted by atomic mass is 19.1. The number of carbonyl (C=O) groups is 2. The maximum Gasteiger partial charge on any atom is 0.335 e. The van der Waals surface area contributed by atoms with Crippen LogP contribution >= 0.6 is 0 Å². The van der Waals surface area contributed by atoms with Crippen molar-refractivity contribution in [2.24, 2.45) is 0 Å². The molecule has 0 spiro atoms. The molecule has 4 N–H and O–H groups in total. The Morgan fingerprint density at radius 3 is 2.84 bits per heavy atom. The summed E-state index contributed by atoms with van der Waals surface area (Å²) in [5, 5.41) is 14.3. The summed E-state index contributed by atoms with van der Waals surface area (Å²) in [4.78, 5) is 34.0. The van der Waals surface area contributed by atoms with Gasteiger partial charge in [-0.25, -0.2) is 19.0 Å². The van der Waals surface area contributed by atoms with E-state index in [2.05, 4.69) is 25.6 Å². The highest BCUT2D eigenvalue weighted by Crippen LogP contribution is 2.30. The summed E-state index contributed by atoms with van der Waals surface area (Å²) in [6.45, 7) is 2.19. The number of nitrogens with zero attached hydrogens (tertiary/aromatic N) is 2. The fourth-order valence-corrected chi connectivity index (χ4v) is 2.38. The number of aromatic nitrogens is 3. The number of pyridine rings is 1. The van der Waals surface area contributed by atoms with Crippen molar-refractivity contribution in [1.29, 1.82) is 0 Å². The highest BCUT2D eigenvalue weighted by molar-refractivity contribution is 6.00. The molecule has 0 aliphatic carbocycles. The van der Waals surface area contributed by atoms with Gasteiger partial charge in [-0.1, -0.05) is 0 Å². The Balaban J connectivity index is 2.17. The molecule has 8 nitrogen and oxygen atoms in total. The second-order valence-corrected chi connectivity index (χ2v) is 5.13. The summed E-state index contributed by atoms with van der Waals surface area (Å²) >= 11 is 0. The Kier molecular flexibility index (Phi) is 4.29. The third-order valence-electron chi connectivity index (χ3n) is 3.42. The molecule has 0 saturated carbocycles. The van der Waals surface area contributed by atoms with Crippen LogP contribution in [0.15, 0.2) is 30.5 Å². The minimum absolute atomic E-state index is 0.0216. The number of hydrogen-bond donors (Lipinski definition) is 4. The molecular weight excluding hydrogens is 329 g/mol. The number of carboxylic acid groups (broad SMARTS) is 1. The van der Waals surface area contributed by atoms with Gasteiger partial charge >= 0.3 is 12.0 Å². The summed E-state index contributed by atoms with van der Waals surface area (Å²) in [5.74, 6) is -1.67. The van der Waals surface area contributed by atoms with Gasteiger partial charge in [-0.15, -0.1) is 0 Å². The first kappa shape index (κ1) is 16.4. The third kappa shape index (κ3) is 3.25. The molecule has 9 heteroatoms. The molecule has 0 fully saturated rings. The van der Waals surface area contributed by atoms with Crippen molar-refractivity contribution in [3.05, 3.63) is 41.8 Å². The summed E-state index contributed by atoms with van der Waals surface area (Å²) in [7, 11) is 0. The molecule has 0 unspecified atom stereocenters. The minimum atomic E-state index is -1.17. The maximum atomic E-state index is 14.1. The number of nitrogens with one attached hydrogen (secondary N) is 3. The van der Waals surface area contributed by atoms with Crippen LogP contribution in [-0.4, -0.2) is 38.6 Å². The van der Waals surface area contributed by atoms with E-state index < -0.39 is 17.8 Å². The molecule has 1 aromatic carbocycles. The molecular formula is C16H14FN5O3. The number of anilines is 1. The number of aromatic carboxylic acids is 1. The fraction of sp³-hybridized carbons (Fsp3) is 0.125. The van der Waals surface area contributed by atoms with Gasteiger partial charge in [0, 0.05) is 18.3 Å². The lowest BCUT2D eigenvalue weighted by atomic mass is 10.0. The van der Waals surface area contributed by atoms with Gasteiger partial charge in [0.05, 0.1) is 11.1 Å². The average molecular weight is 343 g/mol. The first-order valence-electron chi connectivity index (χ1n) is 7.42. The van der Waals surface area contributed by atoms with Crippen molar-refractivity contribution >= 4 is 29.0 Å². The Morgan fingerprint density at radius 2 is 2.16 bits per heavy atom. The number of H-pyrrole nitrogens is 1. The number of fused-ring (bicyclic) bond motifs is 1. The zero-order valence-electron chi connectivity index (χ0n) is 13.1. The van der Waals surface area contributed by atoms with Crippen LogP contribution in [0.4, 0.5) is 15.1 Å². The van der Waals surface area contributed by atoms with Gasteiger partial charge in [0.25, 0.3) is 0 Å². The molecule has 0 aliphatic rings. The van der Waals surface area contributed by atoms with E-state index in [0.717, 1.165) is 0 Å². The smallest absolute Gasteiger partial charge is 0.335 e. The van der Waals surface area contributed by atoms with Crippen LogP contribution in [0.3, 0.4) is 0 Å². The lowest BCUT2D eigenvalue weighted by Gasteiger charge is -2.05. The maximum absolute atomic E-state index is 14.1. The van der Waals surface area contributed by atoms with E-state index in [1.165, 1.54) is 30.5 Å². The van der Waals surface area contributed by atoms with Gasteiger partial charge in [-0.3, -0.25) is 10.3 Å². The van der Waals surface area contributed by atoms with Gasteiger partial charge in [-0.2, -0.15) is 0 Å². The molecule has 0 radical (unpaired) electrons. The number of carboxylic acids is 1. The van der Waals surface area contributed by atoms with Crippen molar-refractivity contribution in [3.8, 4) is 11.3 Å². The Morgan fingerprint density at radius 1 is 1.36 bits per heavy atom. The van der Waals surface area contributed by atoms with E-state index in [9.17, 15) is 19.1 Å². The molecule has 0 atom stereocenters. The van der Waals surface area contributed by atoms with Crippen molar-refractivity contribution in [2.45, 2.75) is 6.92 Å². The molecule has 0 bridgehead atoms. The van der Waals surface area contributed by atoms with Crippen LogP contribution < -0.4 is 10.6 Å². The molecule has 2 amide bonds. The van der Waals surface area contributed by atoms with Crippen molar-refractivity contribution < 1.29 is 19.1 Å². The lowest BCUT2D eigenvalue weighted by molar-refractivity contribution is 0.0697. The third-order valence-corrected chi connectivity index (χ3v) is 3.42. The molecule has 3 rings (SSSR count). The zero-order chi connectivity index (χ0) is 18.0. The van der Waals surface area contributed by atoms with E-state index >= 15 is 0 Å². The van der Waals surface area contributed by atoms with Crippen LogP contribution in [0.1, 0.15) is 17.3 Å². The SMILES string of the molecule is CCNC(=O)Nc1nc2c(-c3ncccc3F)cc(C(=O)O)cc2[nH]1. The predicted octanol–water partition coefficient (Wildman–Crippen LogP) is 2.60. The Hall–Kier alpha value is -3.49. The minimum Gasteiger partial charge on any atom is -0.478 e. The average Bonchev–Trinajstić information content (AvgIpc) is 2.96. The molecule has 25 heavy (non-hydrogen) atoms. The number of halogens is 1. The van der Waals surface area contributed by atoms with Crippen LogP contribution in [0, 0.1) is 5.82 Å². The van der Waals surface area contributed by atoms with Crippen LogP contribution in [0.25, 0.3) is 22.3 Å². The number of imidazole rings is 1. The second-order valence-electron chi connectivity index (χ2n) is 5.13. The summed E-state index contributed by atoms with van der Waals surface area (Å²) < 4.78 is 14.1. The van der Waals surface area contributed by atoms with Crippen LogP contribution in [-0.2, 0) is 0 Å². The van der Waals surface area contributed by atoms with E-state index in [1.54, 1.807) is 6.92 Å². The highest BCUT2D eigenvalue weighted by Gasteiger charge is 2.18. The van der Waals surface area contributed by atoms with E-state index in [0.29, 0.717) is 17.6 Å². The van der Waals surface area contributed by atoms with E-state index in [-0.39, 0.29) is 22.8 Å². The Bertz CT molecular complexity index is 970. The molecule has 2 heterocycles. The number of aromatic amines is 1. The first-order chi connectivity index (χ1) is 12.0. The first-order valence-corrected chi connectivity index (χ1v) is 7.42. The van der Waals surface area contributed by atoms with Gasteiger partial charge in [-0.05, 0) is 31.2 Å². The van der Waals surface area contributed by atoms with Crippen molar-refractivity contribution in [1.82, 2.24) is 20.3 Å².